The summed E-state index contributed by atoms with van der Waals surface area (Å²) in [5, 5.41) is 21.6. The molecule has 6 atom stereocenters. The summed E-state index contributed by atoms with van der Waals surface area (Å²) in [4.78, 5) is 42.9. The fourth-order valence-electron chi connectivity index (χ4n) is 5.20. The number of carbonyl (C=O) groups excluding carboxylic acids is 3. The highest BCUT2D eigenvalue weighted by Crippen LogP contribution is 2.38. The predicted octanol–water partition coefficient (Wildman–Crippen LogP) is 3.83. The van der Waals surface area contributed by atoms with Gasteiger partial charge in [-0.3, -0.25) is 19.4 Å². The number of amides is 4. The lowest BCUT2D eigenvalue weighted by atomic mass is 9.88. The highest BCUT2D eigenvalue weighted by atomic mass is 16.3. The van der Waals surface area contributed by atoms with Crippen LogP contribution in [-0.4, -0.2) is 49.9 Å². The van der Waals surface area contributed by atoms with Crippen LogP contribution in [0.3, 0.4) is 0 Å². The Labute approximate surface area is 200 Å². The maximum absolute atomic E-state index is 13.5. The van der Waals surface area contributed by atoms with Crippen LogP contribution in [0.5, 0.6) is 0 Å². The number of aliphatic hydroxyl groups excluding tert-OH is 2. The van der Waals surface area contributed by atoms with Gasteiger partial charge in [0.1, 0.15) is 0 Å². The number of hydrogen-bond donors (Lipinski definition) is 2. The summed E-state index contributed by atoms with van der Waals surface area (Å²) in [6.45, 7) is 3.22. The molecule has 6 unspecified atom stereocenters. The van der Waals surface area contributed by atoms with Crippen molar-refractivity contribution < 1.29 is 24.6 Å². The number of urea groups is 1. The van der Waals surface area contributed by atoms with Gasteiger partial charge in [-0.25, -0.2) is 4.79 Å². The molecule has 7 heteroatoms. The van der Waals surface area contributed by atoms with Crippen molar-refractivity contribution in [1.29, 1.82) is 0 Å². The molecule has 1 aliphatic heterocycles. The van der Waals surface area contributed by atoms with Gasteiger partial charge in [0.05, 0.1) is 36.1 Å². The van der Waals surface area contributed by atoms with Crippen molar-refractivity contribution in [3.8, 4) is 0 Å². The van der Waals surface area contributed by atoms with Gasteiger partial charge in [-0.1, -0.05) is 87.4 Å². The molecule has 1 heterocycles. The molecule has 180 valence electrons. The van der Waals surface area contributed by atoms with Crippen LogP contribution in [0.2, 0.25) is 0 Å². The lowest BCUT2D eigenvalue weighted by Gasteiger charge is -2.32. The highest BCUT2D eigenvalue weighted by Gasteiger charge is 2.53. The van der Waals surface area contributed by atoms with Crippen molar-refractivity contribution in [2.45, 2.75) is 63.8 Å². The Kier molecular flexibility index (Phi) is 7.14. The molecule has 34 heavy (non-hydrogen) atoms. The number of aliphatic hydroxyl groups is 2. The third-order valence-corrected chi connectivity index (χ3v) is 7.25. The third kappa shape index (κ3) is 4.38. The summed E-state index contributed by atoms with van der Waals surface area (Å²) < 4.78 is 0. The summed E-state index contributed by atoms with van der Waals surface area (Å²) >= 11 is 0. The Morgan fingerprint density at radius 1 is 0.735 bits per heavy atom. The number of imide groups is 2. The molecule has 0 spiro atoms. The first-order valence-corrected chi connectivity index (χ1v) is 12.0. The molecular weight excluding hydrogens is 432 g/mol. The van der Waals surface area contributed by atoms with E-state index in [4.69, 9.17) is 0 Å². The predicted molar refractivity (Wildman–Crippen MR) is 126 cm³/mol. The smallest absolute Gasteiger partial charge is 0.334 e. The van der Waals surface area contributed by atoms with Crippen molar-refractivity contribution in [2.24, 2.45) is 11.8 Å². The molecule has 7 nitrogen and oxygen atoms in total. The zero-order chi connectivity index (χ0) is 24.4. The zero-order valence-electron chi connectivity index (χ0n) is 19.6. The van der Waals surface area contributed by atoms with Crippen LogP contribution >= 0.6 is 0 Å². The number of hydrogen-bond acceptors (Lipinski definition) is 5. The monoisotopic (exact) mass is 464 g/mol. The maximum Gasteiger partial charge on any atom is 0.334 e. The normalized spacial score (nSPS) is 23.7. The van der Waals surface area contributed by atoms with E-state index in [1.807, 2.05) is 12.1 Å². The molecule has 2 aromatic carbocycles. The quantitative estimate of drug-likeness (QED) is 0.677. The van der Waals surface area contributed by atoms with Gasteiger partial charge >= 0.3 is 6.03 Å². The fourth-order valence-corrected chi connectivity index (χ4v) is 5.20. The zero-order valence-corrected chi connectivity index (χ0v) is 19.6. The largest absolute Gasteiger partial charge is 0.388 e. The number of benzene rings is 2. The number of nitrogens with zero attached hydrogens (tertiary/aromatic N) is 2. The molecule has 0 aromatic heterocycles. The van der Waals surface area contributed by atoms with E-state index in [1.165, 1.54) is 9.80 Å². The molecule has 2 fully saturated rings. The minimum absolute atomic E-state index is 0.413. The highest BCUT2D eigenvalue weighted by molar-refractivity contribution is 6.06. The van der Waals surface area contributed by atoms with Crippen molar-refractivity contribution in [1.82, 2.24) is 9.80 Å². The molecular formula is C27H32N2O5. The lowest BCUT2D eigenvalue weighted by Crippen LogP contribution is -2.45. The van der Waals surface area contributed by atoms with Crippen LogP contribution in [0, 0.1) is 11.8 Å². The standard InChI is InChI=1S/C27H32N2O5/c1-17(23(30)19-11-5-3-6-12-19)25(32)28-21-15-9-10-16-22(21)29(27(28)34)26(33)18(2)24(31)20-13-7-4-8-14-20/h3-8,11-14,17-18,21-24,30-31H,9-10,15-16H2,1-2H3. The van der Waals surface area contributed by atoms with Crippen molar-refractivity contribution in [2.75, 3.05) is 0 Å². The van der Waals surface area contributed by atoms with Crippen LogP contribution < -0.4 is 0 Å². The number of fused-ring (bicyclic) bond motifs is 1. The Morgan fingerprint density at radius 3 is 1.44 bits per heavy atom. The second-order valence-electron chi connectivity index (χ2n) is 9.41. The topological polar surface area (TPSA) is 98.2 Å². The van der Waals surface area contributed by atoms with E-state index < -0.39 is 54.0 Å². The first kappa shape index (κ1) is 24.1. The minimum atomic E-state index is -1.06. The first-order valence-electron chi connectivity index (χ1n) is 12.0. The molecule has 2 N–H and O–H groups in total. The summed E-state index contributed by atoms with van der Waals surface area (Å²) in [5.74, 6) is -2.66. The number of rotatable bonds is 6. The molecule has 4 rings (SSSR count). The second-order valence-corrected chi connectivity index (χ2v) is 9.41. The van der Waals surface area contributed by atoms with Crippen LogP contribution in [0.15, 0.2) is 60.7 Å². The SMILES string of the molecule is CC(C(=O)N1C(=O)N(C(=O)C(C)C(O)c2ccccc2)C2CCCCC21)C(O)c1ccccc1. The van der Waals surface area contributed by atoms with Gasteiger partial charge < -0.3 is 10.2 Å². The Morgan fingerprint density at radius 2 is 1.09 bits per heavy atom. The van der Waals surface area contributed by atoms with E-state index in [1.54, 1.807) is 62.4 Å². The van der Waals surface area contributed by atoms with Gasteiger partial charge in [0.2, 0.25) is 11.8 Å². The van der Waals surface area contributed by atoms with E-state index in [-0.39, 0.29) is 0 Å². The molecule has 0 radical (unpaired) electrons. The maximum atomic E-state index is 13.5. The van der Waals surface area contributed by atoms with E-state index in [0.29, 0.717) is 24.0 Å². The van der Waals surface area contributed by atoms with Crippen LogP contribution in [0.1, 0.15) is 62.9 Å². The van der Waals surface area contributed by atoms with Crippen molar-refractivity contribution in [3.05, 3.63) is 71.8 Å². The van der Waals surface area contributed by atoms with E-state index in [0.717, 1.165) is 12.8 Å². The van der Waals surface area contributed by atoms with Crippen molar-refractivity contribution >= 4 is 17.8 Å². The second kappa shape index (κ2) is 10.1. The van der Waals surface area contributed by atoms with Gasteiger partial charge in [0.25, 0.3) is 0 Å². The van der Waals surface area contributed by atoms with Gasteiger partial charge in [-0.15, -0.1) is 0 Å². The van der Waals surface area contributed by atoms with Gasteiger partial charge in [0, 0.05) is 0 Å². The Bertz CT molecular complexity index is 946. The van der Waals surface area contributed by atoms with Crippen LogP contribution in [0.4, 0.5) is 4.79 Å². The third-order valence-electron chi connectivity index (χ3n) is 7.25. The average molecular weight is 465 g/mol. The van der Waals surface area contributed by atoms with E-state index in [2.05, 4.69) is 0 Å². The van der Waals surface area contributed by atoms with Crippen LogP contribution in [0.25, 0.3) is 0 Å². The summed E-state index contributed by atoms with van der Waals surface area (Å²) in [6, 6.07) is 16.3. The fraction of sp³-hybridized carbons (Fsp3) is 0.444. The molecule has 1 saturated heterocycles. The first-order chi connectivity index (χ1) is 16.3. The van der Waals surface area contributed by atoms with Crippen LogP contribution in [-0.2, 0) is 9.59 Å². The van der Waals surface area contributed by atoms with E-state index >= 15 is 0 Å². The summed E-state index contributed by atoms with van der Waals surface area (Å²) in [7, 11) is 0. The number of carbonyl (C=O) groups is 3. The summed E-state index contributed by atoms with van der Waals surface area (Å²) in [6.07, 6.45) is 0.834. The molecule has 1 aliphatic carbocycles. The summed E-state index contributed by atoms with van der Waals surface area (Å²) in [5.41, 5.74) is 1.20. The molecule has 4 amide bonds. The molecule has 2 aliphatic rings. The Balaban J connectivity index is 1.57. The minimum Gasteiger partial charge on any atom is -0.388 e. The molecule has 1 saturated carbocycles. The van der Waals surface area contributed by atoms with E-state index in [9.17, 15) is 24.6 Å². The lowest BCUT2D eigenvalue weighted by molar-refractivity contribution is -0.137. The average Bonchev–Trinajstić information content (AvgIpc) is 3.18. The van der Waals surface area contributed by atoms with Crippen molar-refractivity contribution in [3.63, 3.8) is 0 Å². The Hall–Kier alpha value is -3.03. The molecule has 0 bridgehead atoms. The van der Waals surface area contributed by atoms with Gasteiger partial charge in [-0.05, 0) is 24.0 Å². The van der Waals surface area contributed by atoms with Gasteiger partial charge in [-0.2, -0.15) is 0 Å². The van der Waals surface area contributed by atoms with Gasteiger partial charge in [0.15, 0.2) is 0 Å². The molecule has 2 aromatic rings.